The number of benzene rings is 3. The van der Waals surface area contributed by atoms with Gasteiger partial charge in [0.2, 0.25) is 0 Å². The highest BCUT2D eigenvalue weighted by Gasteiger charge is 2.35. The third-order valence-corrected chi connectivity index (χ3v) is 6.47. The summed E-state index contributed by atoms with van der Waals surface area (Å²) < 4.78 is 75.6. The average molecular weight is 563 g/mol. The minimum absolute atomic E-state index is 0.0189. The molecule has 3 amide bonds. The lowest BCUT2D eigenvalue weighted by Gasteiger charge is -2.39. The molecular weight excluding hydrogens is 541 g/mol. The zero-order valence-corrected chi connectivity index (χ0v) is 21.1. The summed E-state index contributed by atoms with van der Waals surface area (Å²) in [6.07, 6.45) is 0. The van der Waals surface area contributed by atoms with E-state index in [0.717, 1.165) is 17.0 Å². The maximum atomic E-state index is 14.9. The Morgan fingerprint density at radius 1 is 0.950 bits per heavy atom. The van der Waals surface area contributed by atoms with E-state index in [4.69, 9.17) is 9.84 Å². The van der Waals surface area contributed by atoms with Crippen LogP contribution in [0.2, 0.25) is 0 Å². The first kappa shape index (κ1) is 28.3. The van der Waals surface area contributed by atoms with Gasteiger partial charge in [-0.05, 0) is 24.6 Å². The fraction of sp³-hybridized carbons (Fsp3) is 0.222. The Morgan fingerprint density at radius 2 is 1.55 bits per heavy atom. The van der Waals surface area contributed by atoms with E-state index < -0.39 is 83.9 Å². The first-order valence-corrected chi connectivity index (χ1v) is 11.8. The number of hydrogen-bond acceptors (Lipinski definition) is 4. The normalized spacial score (nSPS) is 14.7. The standard InChI is InChI=1S/C27H22F5N3O5/c1-13-17-4-3-14(26(38)33-10-18-20(29)6-15(28)7-21(18)30)5-24(17)35(27(39)34(13)2)11-19-22(31)8-16(9-23(19)32)40-12-25(36)37/h3-9,13H,10-12H2,1-2H3,(H,33,38)(H,36,37)/t13-/m0/s1. The molecule has 40 heavy (non-hydrogen) atoms. The van der Waals surface area contributed by atoms with Gasteiger partial charge in [0.05, 0.1) is 18.3 Å². The van der Waals surface area contributed by atoms with Gasteiger partial charge in [-0.1, -0.05) is 6.07 Å². The summed E-state index contributed by atoms with van der Waals surface area (Å²) in [5, 5.41) is 11.0. The van der Waals surface area contributed by atoms with Crippen LogP contribution in [0, 0.1) is 29.1 Å². The number of carbonyl (C=O) groups excluding carboxylic acids is 2. The van der Waals surface area contributed by atoms with Crippen molar-refractivity contribution in [2.24, 2.45) is 0 Å². The number of aliphatic carboxylic acids is 1. The van der Waals surface area contributed by atoms with E-state index in [2.05, 4.69) is 5.32 Å². The molecule has 2 N–H and O–H groups in total. The Hall–Kier alpha value is -4.68. The predicted octanol–water partition coefficient (Wildman–Crippen LogP) is 4.91. The molecule has 1 aliphatic rings. The number of carboxylic acid groups (broad SMARTS) is 1. The van der Waals surface area contributed by atoms with E-state index in [1.54, 1.807) is 13.0 Å². The van der Waals surface area contributed by atoms with Crippen molar-refractivity contribution in [3.8, 4) is 5.75 Å². The summed E-state index contributed by atoms with van der Waals surface area (Å²) in [6.45, 7) is -0.285. The van der Waals surface area contributed by atoms with Gasteiger partial charge in [-0.25, -0.2) is 31.5 Å². The Labute approximate surface area is 224 Å². The lowest BCUT2D eigenvalue weighted by atomic mass is 9.98. The number of rotatable bonds is 8. The summed E-state index contributed by atoms with van der Waals surface area (Å²) in [4.78, 5) is 39.1. The summed E-state index contributed by atoms with van der Waals surface area (Å²) in [7, 11) is 1.49. The van der Waals surface area contributed by atoms with E-state index in [-0.39, 0.29) is 17.0 Å². The zero-order valence-electron chi connectivity index (χ0n) is 21.1. The summed E-state index contributed by atoms with van der Waals surface area (Å²) in [5.74, 6) is -8.13. The van der Waals surface area contributed by atoms with E-state index in [1.165, 1.54) is 24.1 Å². The lowest BCUT2D eigenvalue weighted by Crippen LogP contribution is -2.47. The van der Waals surface area contributed by atoms with Gasteiger partial charge in [0, 0.05) is 54.5 Å². The van der Waals surface area contributed by atoms with Crippen LogP contribution < -0.4 is 15.0 Å². The maximum Gasteiger partial charge on any atom is 0.341 e. The molecular formula is C27H22F5N3O5. The van der Waals surface area contributed by atoms with Crippen LogP contribution in [-0.4, -0.2) is 41.6 Å². The number of fused-ring (bicyclic) bond motifs is 1. The molecule has 0 fully saturated rings. The highest BCUT2D eigenvalue weighted by molar-refractivity contribution is 5.99. The Morgan fingerprint density at radius 3 is 2.15 bits per heavy atom. The number of anilines is 1. The number of halogens is 5. The van der Waals surface area contributed by atoms with Crippen molar-refractivity contribution < 1.29 is 46.2 Å². The molecule has 1 atom stereocenters. The maximum absolute atomic E-state index is 14.9. The van der Waals surface area contributed by atoms with Crippen molar-refractivity contribution >= 4 is 23.6 Å². The van der Waals surface area contributed by atoms with Gasteiger partial charge >= 0.3 is 12.0 Å². The number of amides is 3. The van der Waals surface area contributed by atoms with Crippen molar-refractivity contribution in [1.82, 2.24) is 10.2 Å². The third kappa shape index (κ3) is 5.67. The SMILES string of the molecule is C[C@H]1c2ccc(C(=O)NCc3c(F)cc(F)cc3F)cc2N(Cc2c(F)cc(OCC(=O)O)cc2F)C(=O)N1C. The zero-order chi connectivity index (χ0) is 29.3. The Balaban J connectivity index is 1.63. The molecule has 4 rings (SSSR count). The van der Waals surface area contributed by atoms with Crippen LogP contribution >= 0.6 is 0 Å². The summed E-state index contributed by atoms with van der Waals surface area (Å²) in [5.41, 5.74) is -0.359. The first-order valence-electron chi connectivity index (χ1n) is 11.8. The molecule has 0 spiro atoms. The number of ether oxygens (including phenoxy) is 1. The van der Waals surface area contributed by atoms with Crippen LogP contribution in [0.3, 0.4) is 0 Å². The van der Waals surface area contributed by atoms with Crippen LogP contribution in [0.4, 0.5) is 32.4 Å². The van der Waals surface area contributed by atoms with Crippen molar-refractivity contribution in [3.05, 3.63) is 93.8 Å². The second-order valence-electron chi connectivity index (χ2n) is 9.01. The molecule has 8 nitrogen and oxygen atoms in total. The fourth-order valence-electron chi connectivity index (χ4n) is 4.22. The Bertz CT molecular complexity index is 1470. The third-order valence-electron chi connectivity index (χ3n) is 6.47. The van der Waals surface area contributed by atoms with E-state index in [9.17, 15) is 36.3 Å². The van der Waals surface area contributed by atoms with E-state index >= 15 is 0 Å². The smallest absolute Gasteiger partial charge is 0.341 e. The molecule has 1 heterocycles. The molecule has 0 bridgehead atoms. The molecule has 0 aromatic heterocycles. The highest BCUT2D eigenvalue weighted by atomic mass is 19.2. The average Bonchev–Trinajstić information content (AvgIpc) is 2.88. The van der Waals surface area contributed by atoms with Gasteiger partial charge in [0.1, 0.15) is 34.8 Å². The number of urea groups is 1. The minimum Gasteiger partial charge on any atom is -0.482 e. The van der Waals surface area contributed by atoms with Gasteiger partial charge in [0.25, 0.3) is 5.91 Å². The van der Waals surface area contributed by atoms with E-state index in [1.807, 2.05) is 0 Å². The minimum atomic E-state index is -1.34. The van der Waals surface area contributed by atoms with Gasteiger partial charge in [0.15, 0.2) is 6.61 Å². The molecule has 3 aromatic carbocycles. The van der Waals surface area contributed by atoms with Crippen LogP contribution in [0.5, 0.6) is 5.75 Å². The Kier molecular flexibility index (Phi) is 7.93. The second kappa shape index (κ2) is 11.2. The number of nitrogens with zero attached hydrogens (tertiary/aromatic N) is 2. The monoisotopic (exact) mass is 563 g/mol. The predicted molar refractivity (Wildman–Crippen MR) is 131 cm³/mol. The lowest BCUT2D eigenvalue weighted by molar-refractivity contribution is -0.139. The number of carboxylic acids is 1. The fourth-order valence-corrected chi connectivity index (χ4v) is 4.22. The van der Waals surface area contributed by atoms with Crippen LogP contribution in [0.1, 0.15) is 40.0 Å². The molecule has 0 aliphatic carbocycles. The van der Waals surface area contributed by atoms with Crippen LogP contribution in [0.15, 0.2) is 42.5 Å². The molecule has 210 valence electrons. The molecule has 0 saturated carbocycles. The van der Waals surface area contributed by atoms with Crippen LogP contribution in [-0.2, 0) is 17.9 Å². The summed E-state index contributed by atoms with van der Waals surface area (Å²) >= 11 is 0. The topological polar surface area (TPSA) is 99.2 Å². The van der Waals surface area contributed by atoms with Gasteiger partial charge in [-0.3, -0.25) is 9.69 Å². The molecule has 0 radical (unpaired) electrons. The van der Waals surface area contributed by atoms with Crippen LogP contribution in [0.25, 0.3) is 0 Å². The van der Waals surface area contributed by atoms with Crippen molar-refractivity contribution in [2.75, 3.05) is 18.6 Å². The second-order valence-corrected chi connectivity index (χ2v) is 9.01. The van der Waals surface area contributed by atoms with Crippen molar-refractivity contribution in [2.45, 2.75) is 26.1 Å². The number of hydrogen-bond donors (Lipinski definition) is 2. The molecule has 0 unspecified atom stereocenters. The highest BCUT2D eigenvalue weighted by Crippen LogP contribution is 2.38. The van der Waals surface area contributed by atoms with Crippen molar-refractivity contribution in [1.29, 1.82) is 0 Å². The van der Waals surface area contributed by atoms with E-state index in [0.29, 0.717) is 17.7 Å². The first-order chi connectivity index (χ1) is 18.9. The summed E-state index contributed by atoms with van der Waals surface area (Å²) in [6, 6.07) is 5.71. The quantitative estimate of drug-likeness (QED) is 0.380. The molecule has 13 heteroatoms. The number of nitrogens with one attached hydrogen (secondary N) is 1. The molecule has 1 aliphatic heterocycles. The van der Waals surface area contributed by atoms with Gasteiger partial charge in [-0.15, -0.1) is 0 Å². The molecule has 0 saturated heterocycles. The largest absolute Gasteiger partial charge is 0.482 e. The van der Waals surface area contributed by atoms with Gasteiger partial charge in [-0.2, -0.15) is 0 Å². The molecule has 3 aromatic rings. The van der Waals surface area contributed by atoms with Gasteiger partial charge < -0.3 is 20.1 Å². The number of carbonyl (C=O) groups is 3. The van der Waals surface area contributed by atoms with Crippen molar-refractivity contribution in [3.63, 3.8) is 0 Å².